The van der Waals surface area contributed by atoms with Gasteiger partial charge in [0.15, 0.2) is 0 Å². The van der Waals surface area contributed by atoms with Crippen LogP contribution >= 0.6 is 0 Å². The van der Waals surface area contributed by atoms with Crippen molar-refractivity contribution in [3.05, 3.63) is 70.8 Å². The number of aromatic nitrogens is 3. The number of hydrogen-bond acceptors (Lipinski definition) is 6. The Balaban J connectivity index is 1.85. The molecule has 0 aliphatic carbocycles. The van der Waals surface area contributed by atoms with E-state index in [-0.39, 0.29) is 17.1 Å². The number of carbonyl (C=O) groups is 1. The topological polar surface area (TPSA) is 112 Å². The minimum absolute atomic E-state index is 0.203. The lowest BCUT2D eigenvalue weighted by molar-refractivity contribution is -0.384. The number of anilines is 1. The van der Waals surface area contributed by atoms with Crippen molar-refractivity contribution in [2.75, 3.05) is 5.32 Å². The average Bonchev–Trinajstić information content (AvgIpc) is 3.11. The number of nitrogens with zero attached hydrogens (tertiary/aromatic N) is 4. The summed E-state index contributed by atoms with van der Waals surface area (Å²) in [6, 6.07) is 7.39. The molecule has 132 valence electrons. The third kappa shape index (κ3) is 4.01. The molecule has 0 aliphatic heterocycles. The Kier molecular flexibility index (Phi) is 4.88. The minimum Gasteiger partial charge on any atom is -0.455 e. The van der Waals surface area contributed by atoms with E-state index in [9.17, 15) is 14.9 Å². The number of rotatable bonds is 6. The van der Waals surface area contributed by atoms with Crippen molar-refractivity contribution in [1.29, 1.82) is 0 Å². The highest BCUT2D eigenvalue weighted by molar-refractivity contribution is 6.04. The fraction of sp³-hybridized carbons (Fsp3) is 0.118. The molecule has 0 spiro atoms. The highest BCUT2D eigenvalue weighted by Crippen LogP contribution is 2.29. The maximum absolute atomic E-state index is 12.3. The lowest BCUT2D eigenvalue weighted by Crippen LogP contribution is -2.11. The van der Waals surface area contributed by atoms with E-state index >= 15 is 0 Å². The first-order chi connectivity index (χ1) is 12.5. The van der Waals surface area contributed by atoms with E-state index in [1.807, 2.05) is 6.92 Å². The van der Waals surface area contributed by atoms with E-state index in [1.54, 1.807) is 29.2 Å². The van der Waals surface area contributed by atoms with Crippen molar-refractivity contribution in [3.63, 3.8) is 0 Å². The Morgan fingerprint density at radius 3 is 2.81 bits per heavy atom. The molecule has 26 heavy (non-hydrogen) atoms. The van der Waals surface area contributed by atoms with Crippen LogP contribution in [0.2, 0.25) is 0 Å². The molecule has 2 aromatic heterocycles. The van der Waals surface area contributed by atoms with Crippen LogP contribution in [0.4, 0.5) is 11.4 Å². The van der Waals surface area contributed by atoms with Crippen molar-refractivity contribution in [2.45, 2.75) is 13.5 Å². The van der Waals surface area contributed by atoms with Crippen LogP contribution in [0.25, 0.3) is 0 Å². The summed E-state index contributed by atoms with van der Waals surface area (Å²) in [7, 11) is 0. The van der Waals surface area contributed by atoms with Gasteiger partial charge in [0.2, 0.25) is 0 Å². The molecule has 9 heteroatoms. The van der Waals surface area contributed by atoms with Gasteiger partial charge in [-0.25, -0.2) is 0 Å². The van der Waals surface area contributed by atoms with Gasteiger partial charge in [-0.15, -0.1) is 0 Å². The highest BCUT2D eigenvalue weighted by Gasteiger charge is 2.15. The fourth-order valence-electron chi connectivity index (χ4n) is 2.22. The number of hydrogen-bond donors (Lipinski definition) is 1. The highest BCUT2D eigenvalue weighted by atomic mass is 16.6. The summed E-state index contributed by atoms with van der Waals surface area (Å²) in [5.41, 5.74) is 0.395. The van der Waals surface area contributed by atoms with Crippen LogP contribution in [0.15, 0.2) is 55.1 Å². The molecule has 3 aromatic rings. The molecule has 2 heterocycles. The first-order valence-electron chi connectivity index (χ1n) is 7.76. The minimum atomic E-state index is -0.555. The van der Waals surface area contributed by atoms with Gasteiger partial charge in [0.05, 0.1) is 34.6 Å². The Bertz CT molecular complexity index is 939. The van der Waals surface area contributed by atoms with E-state index in [4.69, 9.17) is 4.74 Å². The molecule has 3 rings (SSSR count). The number of ether oxygens (including phenoxy) is 1. The van der Waals surface area contributed by atoms with Crippen LogP contribution < -0.4 is 10.1 Å². The third-order valence-electron chi connectivity index (χ3n) is 3.45. The van der Waals surface area contributed by atoms with Crippen molar-refractivity contribution in [1.82, 2.24) is 14.8 Å². The second-order valence-corrected chi connectivity index (χ2v) is 5.30. The van der Waals surface area contributed by atoms with Gasteiger partial charge in [0, 0.05) is 31.1 Å². The summed E-state index contributed by atoms with van der Waals surface area (Å²) in [5, 5.41) is 17.8. The number of nitrogens with one attached hydrogen (secondary N) is 1. The summed E-state index contributed by atoms with van der Waals surface area (Å²) < 4.78 is 7.19. The number of pyridine rings is 1. The van der Waals surface area contributed by atoms with Crippen molar-refractivity contribution in [2.24, 2.45) is 0 Å². The standard InChI is InChI=1S/C17H15N5O4/c1-2-21-11-12(9-19-21)17(23)20-13-6-14(22(24)25)8-16(7-13)26-15-4-3-5-18-10-15/h3-11H,2H2,1H3,(H,20,23). The molecule has 0 fully saturated rings. The number of nitro benzene ring substituents is 1. The molecule has 1 N–H and O–H groups in total. The maximum Gasteiger partial charge on any atom is 0.275 e. The number of non-ortho nitro benzene ring substituents is 1. The molecule has 1 amide bonds. The number of carbonyl (C=O) groups excluding carboxylic acids is 1. The number of nitro groups is 1. The van der Waals surface area contributed by atoms with Gasteiger partial charge in [-0.05, 0) is 19.1 Å². The Labute approximate surface area is 148 Å². The molecule has 0 radical (unpaired) electrons. The molecular formula is C17H15N5O4. The average molecular weight is 353 g/mol. The van der Waals surface area contributed by atoms with E-state index in [1.165, 1.54) is 30.6 Å². The van der Waals surface area contributed by atoms with Crippen molar-refractivity contribution in [3.8, 4) is 11.5 Å². The first kappa shape index (κ1) is 17.1. The van der Waals surface area contributed by atoms with Crippen LogP contribution in [0.5, 0.6) is 11.5 Å². The second-order valence-electron chi connectivity index (χ2n) is 5.30. The second kappa shape index (κ2) is 7.43. The predicted octanol–water partition coefficient (Wildman–Crippen LogP) is 3.25. The van der Waals surface area contributed by atoms with Crippen LogP contribution in [0.1, 0.15) is 17.3 Å². The molecule has 0 saturated carbocycles. The molecule has 0 aliphatic rings. The number of aryl methyl sites for hydroxylation is 1. The van der Waals surface area contributed by atoms with Gasteiger partial charge in [0.25, 0.3) is 11.6 Å². The lowest BCUT2D eigenvalue weighted by atomic mass is 10.2. The van der Waals surface area contributed by atoms with Crippen LogP contribution in [-0.2, 0) is 6.54 Å². The van der Waals surface area contributed by atoms with Crippen molar-refractivity contribution < 1.29 is 14.5 Å². The van der Waals surface area contributed by atoms with Gasteiger partial charge in [-0.1, -0.05) is 0 Å². The smallest absolute Gasteiger partial charge is 0.275 e. The van der Waals surface area contributed by atoms with Gasteiger partial charge in [-0.3, -0.25) is 24.6 Å². The zero-order chi connectivity index (χ0) is 18.5. The van der Waals surface area contributed by atoms with E-state index in [0.717, 1.165) is 0 Å². The van der Waals surface area contributed by atoms with Gasteiger partial charge < -0.3 is 10.1 Å². The quantitative estimate of drug-likeness (QED) is 0.538. The number of amides is 1. The van der Waals surface area contributed by atoms with E-state index in [2.05, 4.69) is 15.4 Å². The lowest BCUT2D eigenvalue weighted by Gasteiger charge is -2.08. The monoisotopic (exact) mass is 353 g/mol. The zero-order valence-electron chi connectivity index (χ0n) is 13.8. The maximum atomic E-state index is 12.3. The van der Waals surface area contributed by atoms with Crippen LogP contribution in [0, 0.1) is 10.1 Å². The van der Waals surface area contributed by atoms with Gasteiger partial charge >= 0.3 is 0 Å². The summed E-state index contributed by atoms with van der Waals surface area (Å²) in [5.74, 6) is 0.221. The van der Waals surface area contributed by atoms with Crippen molar-refractivity contribution >= 4 is 17.3 Å². The summed E-state index contributed by atoms with van der Waals surface area (Å²) in [6.07, 6.45) is 6.10. The Morgan fingerprint density at radius 2 is 2.15 bits per heavy atom. The Hall–Kier alpha value is -3.75. The van der Waals surface area contributed by atoms with Gasteiger partial charge in [-0.2, -0.15) is 5.10 Å². The molecule has 0 saturated heterocycles. The van der Waals surface area contributed by atoms with Gasteiger partial charge in [0.1, 0.15) is 11.5 Å². The van der Waals surface area contributed by atoms with E-state index < -0.39 is 10.8 Å². The number of benzene rings is 1. The Morgan fingerprint density at radius 1 is 1.31 bits per heavy atom. The zero-order valence-corrected chi connectivity index (χ0v) is 13.8. The normalized spacial score (nSPS) is 10.3. The molecule has 1 aromatic carbocycles. The van der Waals surface area contributed by atoms with Crippen LogP contribution in [-0.4, -0.2) is 25.6 Å². The molecule has 0 atom stereocenters. The molecular weight excluding hydrogens is 338 g/mol. The molecule has 0 unspecified atom stereocenters. The fourth-order valence-corrected chi connectivity index (χ4v) is 2.22. The summed E-state index contributed by atoms with van der Waals surface area (Å²) in [6.45, 7) is 2.53. The predicted molar refractivity (Wildman–Crippen MR) is 93.3 cm³/mol. The summed E-state index contributed by atoms with van der Waals surface area (Å²) in [4.78, 5) is 26.8. The van der Waals surface area contributed by atoms with Crippen LogP contribution in [0.3, 0.4) is 0 Å². The molecule has 9 nitrogen and oxygen atoms in total. The molecule has 0 bridgehead atoms. The first-order valence-corrected chi connectivity index (χ1v) is 7.76. The SMILES string of the molecule is CCn1cc(C(=O)Nc2cc(Oc3cccnc3)cc([N+](=O)[O-])c2)cn1. The summed E-state index contributed by atoms with van der Waals surface area (Å²) >= 11 is 0. The third-order valence-corrected chi connectivity index (χ3v) is 3.45. The van der Waals surface area contributed by atoms with E-state index in [0.29, 0.717) is 17.9 Å². The largest absolute Gasteiger partial charge is 0.455 e.